The summed E-state index contributed by atoms with van der Waals surface area (Å²) in [5, 5.41) is 0.680. The lowest BCUT2D eigenvalue weighted by atomic mass is 10.2. The zero-order valence-corrected chi connectivity index (χ0v) is 8.25. The molecule has 2 rings (SSSR count). The Morgan fingerprint density at radius 3 is 2.93 bits per heavy atom. The van der Waals surface area contributed by atoms with E-state index >= 15 is 0 Å². The Balaban J connectivity index is 2.98. The van der Waals surface area contributed by atoms with Gasteiger partial charge in [0.2, 0.25) is 5.28 Å². The molecule has 1 aromatic carbocycles. The molecule has 0 unspecified atom stereocenters. The van der Waals surface area contributed by atoms with E-state index in [1.165, 1.54) is 4.57 Å². The van der Waals surface area contributed by atoms with E-state index in [9.17, 15) is 4.79 Å². The van der Waals surface area contributed by atoms with Crippen molar-refractivity contribution in [1.29, 1.82) is 0 Å². The number of rotatable bonds is 0. The molecule has 1 heterocycles. The number of nitrogens with zero attached hydrogens (tertiary/aromatic N) is 2. The molecule has 2 N–H and O–H groups in total. The van der Waals surface area contributed by atoms with Crippen molar-refractivity contribution in [2.45, 2.75) is 0 Å². The van der Waals surface area contributed by atoms with Crippen molar-refractivity contribution in [1.82, 2.24) is 9.55 Å². The summed E-state index contributed by atoms with van der Waals surface area (Å²) in [5.41, 5.74) is 6.49. The van der Waals surface area contributed by atoms with E-state index < -0.39 is 0 Å². The summed E-state index contributed by atoms with van der Waals surface area (Å²) < 4.78 is 1.29. The van der Waals surface area contributed by atoms with Crippen LogP contribution in [-0.4, -0.2) is 9.55 Å². The quantitative estimate of drug-likeness (QED) is 0.523. The third-order valence-electron chi connectivity index (χ3n) is 2.05. The van der Waals surface area contributed by atoms with E-state index in [1.807, 2.05) is 0 Å². The number of fused-ring (bicyclic) bond motifs is 1. The molecule has 2 aromatic rings. The molecule has 0 atom stereocenters. The van der Waals surface area contributed by atoms with E-state index in [2.05, 4.69) is 4.98 Å². The smallest absolute Gasteiger partial charge is 0.262 e. The average molecular weight is 210 g/mol. The maximum Gasteiger partial charge on any atom is 0.262 e. The molecular weight excluding hydrogens is 202 g/mol. The molecule has 0 saturated carbocycles. The lowest BCUT2D eigenvalue weighted by molar-refractivity contribution is 0.844. The fraction of sp³-hybridized carbons (Fsp3) is 0.111. The molecule has 5 heteroatoms. The average Bonchev–Trinajstić information content (AvgIpc) is 2.14. The Hall–Kier alpha value is -1.55. The van der Waals surface area contributed by atoms with Gasteiger partial charge in [-0.2, -0.15) is 0 Å². The van der Waals surface area contributed by atoms with Gasteiger partial charge in [0.25, 0.3) is 5.56 Å². The maximum absolute atomic E-state index is 11.7. The Morgan fingerprint density at radius 2 is 2.21 bits per heavy atom. The number of benzene rings is 1. The maximum atomic E-state index is 11.7. The number of halogens is 1. The molecule has 0 spiro atoms. The summed E-state index contributed by atoms with van der Waals surface area (Å²) in [7, 11) is 1.58. The molecule has 0 saturated heterocycles. The molecule has 0 aliphatic heterocycles. The molecule has 4 nitrogen and oxygen atoms in total. The molecule has 0 aliphatic rings. The van der Waals surface area contributed by atoms with Crippen LogP contribution >= 0.6 is 11.6 Å². The predicted octanol–water partition coefficient (Wildman–Crippen LogP) is 1.17. The summed E-state index contributed by atoms with van der Waals surface area (Å²) in [4.78, 5) is 15.7. The van der Waals surface area contributed by atoms with Gasteiger partial charge in [0, 0.05) is 12.7 Å². The van der Waals surface area contributed by atoms with Gasteiger partial charge in [-0.3, -0.25) is 9.36 Å². The second kappa shape index (κ2) is 2.99. The summed E-state index contributed by atoms with van der Waals surface area (Å²) >= 11 is 5.76. The summed E-state index contributed by atoms with van der Waals surface area (Å²) in [6, 6.07) is 4.94. The van der Waals surface area contributed by atoms with Crippen LogP contribution in [0.4, 0.5) is 5.69 Å². The largest absolute Gasteiger partial charge is 0.399 e. The molecular formula is C9H8ClN3O. The van der Waals surface area contributed by atoms with Gasteiger partial charge in [-0.05, 0) is 29.8 Å². The third kappa shape index (κ3) is 1.24. The van der Waals surface area contributed by atoms with Gasteiger partial charge < -0.3 is 5.73 Å². The van der Waals surface area contributed by atoms with Crippen molar-refractivity contribution in [3.63, 3.8) is 0 Å². The van der Waals surface area contributed by atoms with Crippen LogP contribution in [0.5, 0.6) is 0 Å². The number of hydrogen-bond donors (Lipinski definition) is 1. The van der Waals surface area contributed by atoms with Gasteiger partial charge in [0.1, 0.15) is 0 Å². The molecule has 0 fully saturated rings. The molecule has 0 aliphatic carbocycles. The highest BCUT2D eigenvalue weighted by Crippen LogP contribution is 2.13. The lowest BCUT2D eigenvalue weighted by Gasteiger charge is -2.03. The number of aromatic nitrogens is 2. The molecule has 0 radical (unpaired) electrons. The molecule has 0 amide bonds. The van der Waals surface area contributed by atoms with Crippen molar-refractivity contribution >= 4 is 28.2 Å². The van der Waals surface area contributed by atoms with Gasteiger partial charge in [0.15, 0.2) is 0 Å². The lowest BCUT2D eigenvalue weighted by Crippen LogP contribution is -2.18. The third-order valence-corrected chi connectivity index (χ3v) is 2.38. The minimum absolute atomic E-state index is 0.160. The van der Waals surface area contributed by atoms with Crippen LogP contribution in [0.2, 0.25) is 5.28 Å². The zero-order chi connectivity index (χ0) is 10.3. The van der Waals surface area contributed by atoms with Crippen molar-refractivity contribution in [2.24, 2.45) is 7.05 Å². The van der Waals surface area contributed by atoms with Crippen molar-refractivity contribution in [3.05, 3.63) is 33.8 Å². The van der Waals surface area contributed by atoms with Crippen molar-refractivity contribution < 1.29 is 0 Å². The minimum Gasteiger partial charge on any atom is -0.399 e. The Labute approximate surface area is 84.9 Å². The highest BCUT2D eigenvalue weighted by molar-refractivity contribution is 6.28. The zero-order valence-electron chi connectivity index (χ0n) is 7.49. The van der Waals surface area contributed by atoms with Gasteiger partial charge in [-0.25, -0.2) is 4.98 Å². The van der Waals surface area contributed by atoms with E-state index in [-0.39, 0.29) is 10.8 Å². The van der Waals surface area contributed by atoms with Crippen LogP contribution in [0.3, 0.4) is 0 Å². The van der Waals surface area contributed by atoms with Crippen LogP contribution in [0.25, 0.3) is 10.9 Å². The second-order valence-electron chi connectivity index (χ2n) is 3.02. The van der Waals surface area contributed by atoms with E-state index in [0.29, 0.717) is 16.6 Å². The van der Waals surface area contributed by atoms with Gasteiger partial charge in [-0.15, -0.1) is 0 Å². The molecule has 1 aromatic heterocycles. The van der Waals surface area contributed by atoms with Crippen LogP contribution in [0.15, 0.2) is 23.0 Å². The highest BCUT2D eigenvalue weighted by atomic mass is 35.5. The van der Waals surface area contributed by atoms with Crippen LogP contribution in [0, 0.1) is 0 Å². The highest BCUT2D eigenvalue weighted by Gasteiger charge is 2.05. The van der Waals surface area contributed by atoms with Crippen LogP contribution < -0.4 is 11.3 Å². The predicted molar refractivity (Wildman–Crippen MR) is 56.4 cm³/mol. The van der Waals surface area contributed by atoms with Crippen molar-refractivity contribution in [2.75, 3.05) is 5.73 Å². The number of hydrogen-bond acceptors (Lipinski definition) is 3. The minimum atomic E-state index is -0.167. The SMILES string of the molecule is Cn1c(Cl)nc2cc(N)ccc2c1=O. The summed E-state index contributed by atoms with van der Waals surface area (Å²) in [5.74, 6) is 0. The summed E-state index contributed by atoms with van der Waals surface area (Å²) in [6.07, 6.45) is 0. The van der Waals surface area contributed by atoms with Gasteiger partial charge >= 0.3 is 0 Å². The van der Waals surface area contributed by atoms with Gasteiger partial charge in [-0.1, -0.05) is 0 Å². The summed E-state index contributed by atoms with van der Waals surface area (Å²) in [6.45, 7) is 0. The Morgan fingerprint density at radius 1 is 1.50 bits per heavy atom. The van der Waals surface area contributed by atoms with Crippen LogP contribution in [0.1, 0.15) is 0 Å². The number of nitrogen functional groups attached to an aromatic ring is 1. The number of nitrogens with two attached hydrogens (primary N) is 1. The van der Waals surface area contributed by atoms with E-state index in [1.54, 1.807) is 25.2 Å². The monoisotopic (exact) mass is 209 g/mol. The Bertz CT molecular complexity index is 562. The normalized spacial score (nSPS) is 10.7. The van der Waals surface area contributed by atoms with Crippen LogP contribution in [-0.2, 0) is 7.05 Å². The topological polar surface area (TPSA) is 60.9 Å². The number of anilines is 1. The van der Waals surface area contributed by atoms with E-state index in [4.69, 9.17) is 17.3 Å². The van der Waals surface area contributed by atoms with E-state index in [0.717, 1.165) is 0 Å². The standard InChI is InChI=1S/C9H8ClN3O/c1-13-8(14)6-3-2-5(11)4-7(6)12-9(13)10/h2-4H,11H2,1H3. The molecule has 14 heavy (non-hydrogen) atoms. The fourth-order valence-corrected chi connectivity index (χ4v) is 1.43. The first-order chi connectivity index (χ1) is 6.59. The first-order valence-electron chi connectivity index (χ1n) is 4.01. The molecule has 72 valence electrons. The Kier molecular flexibility index (Phi) is 1.93. The van der Waals surface area contributed by atoms with Crippen molar-refractivity contribution in [3.8, 4) is 0 Å². The van der Waals surface area contributed by atoms with Gasteiger partial charge in [0.05, 0.1) is 10.9 Å². The second-order valence-corrected chi connectivity index (χ2v) is 3.36. The first kappa shape index (κ1) is 9.02. The first-order valence-corrected chi connectivity index (χ1v) is 4.39. The fourth-order valence-electron chi connectivity index (χ4n) is 1.26. The molecule has 0 bridgehead atoms.